The molecule has 0 saturated carbocycles. The quantitative estimate of drug-likeness (QED) is 0.566. The highest BCUT2D eigenvalue weighted by molar-refractivity contribution is 6.01. The number of benzene rings is 1. The minimum absolute atomic E-state index is 0.0662. The van der Waals surface area contributed by atoms with Gasteiger partial charge in [-0.15, -0.1) is 0 Å². The Labute approximate surface area is 115 Å². The standard InChI is InChI=1S/C13H16FN3O3/c1-2-20-11-6-10(8(15)5-7(11)14)16-9-3-4-12(18)17-13(9)19/h5-6,9,16H,2-4,15H2,1H3,(H,17,18,19). The second kappa shape index (κ2) is 5.77. The summed E-state index contributed by atoms with van der Waals surface area (Å²) in [6, 6.07) is 1.98. The van der Waals surface area contributed by atoms with Crippen molar-refractivity contribution in [2.45, 2.75) is 25.8 Å². The van der Waals surface area contributed by atoms with E-state index in [1.165, 1.54) is 6.07 Å². The van der Waals surface area contributed by atoms with Gasteiger partial charge in [-0.05, 0) is 13.3 Å². The third-order valence-electron chi connectivity index (χ3n) is 2.97. The number of nitrogens with one attached hydrogen (secondary N) is 2. The summed E-state index contributed by atoms with van der Waals surface area (Å²) in [7, 11) is 0. The molecule has 1 aliphatic rings. The minimum Gasteiger partial charge on any atom is -0.491 e. The van der Waals surface area contributed by atoms with Crippen LogP contribution in [0.3, 0.4) is 0 Å². The van der Waals surface area contributed by atoms with Crippen LogP contribution < -0.4 is 21.1 Å². The van der Waals surface area contributed by atoms with E-state index in [1.807, 2.05) is 0 Å². The monoisotopic (exact) mass is 281 g/mol. The Balaban J connectivity index is 2.18. The first-order valence-electron chi connectivity index (χ1n) is 6.33. The van der Waals surface area contributed by atoms with Crippen molar-refractivity contribution in [1.82, 2.24) is 5.32 Å². The molecule has 1 aromatic rings. The largest absolute Gasteiger partial charge is 0.491 e. The number of hydrogen-bond donors (Lipinski definition) is 3. The number of amides is 2. The molecular weight excluding hydrogens is 265 g/mol. The number of imide groups is 1. The van der Waals surface area contributed by atoms with Crippen molar-refractivity contribution >= 4 is 23.2 Å². The van der Waals surface area contributed by atoms with Crippen LogP contribution in [0.5, 0.6) is 5.75 Å². The van der Waals surface area contributed by atoms with Crippen molar-refractivity contribution in [3.8, 4) is 5.75 Å². The van der Waals surface area contributed by atoms with E-state index in [4.69, 9.17) is 10.5 Å². The lowest BCUT2D eigenvalue weighted by Crippen LogP contribution is -2.47. The summed E-state index contributed by atoms with van der Waals surface area (Å²) in [5.74, 6) is -1.20. The Kier molecular flexibility index (Phi) is 4.07. The summed E-state index contributed by atoms with van der Waals surface area (Å²) < 4.78 is 18.7. The zero-order chi connectivity index (χ0) is 14.7. The first-order chi connectivity index (χ1) is 9.51. The molecule has 0 radical (unpaired) electrons. The Morgan fingerprint density at radius 1 is 1.50 bits per heavy atom. The molecule has 4 N–H and O–H groups in total. The predicted octanol–water partition coefficient (Wildman–Crippen LogP) is 1.02. The molecule has 1 aromatic carbocycles. The fraction of sp³-hybridized carbons (Fsp3) is 0.385. The van der Waals surface area contributed by atoms with E-state index in [0.29, 0.717) is 18.7 Å². The number of hydrogen-bond acceptors (Lipinski definition) is 5. The van der Waals surface area contributed by atoms with Gasteiger partial charge in [-0.25, -0.2) is 4.39 Å². The van der Waals surface area contributed by atoms with Crippen molar-refractivity contribution in [3.63, 3.8) is 0 Å². The first-order valence-corrected chi connectivity index (χ1v) is 6.33. The molecule has 0 aliphatic carbocycles. The van der Waals surface area contributed by atoms with Crippen molar-refractivity contribution in [3.05, 3.63) is 17.9 Å². The van der Waals surface area contributed by atoms with Crippen LogP contribution in [-0.2, 0) is 9.59 Å². The molecule has 1 fully saturated rings. The number of anilines is 2. The Bertz CT molecular complexity index is 548. The Morgan fingerprint density at radius 2 is 2.25 bits per heavy atom. The van der Waals surface area contributed by atoms with E-state index in [1.54, 1.807) is 6.92 Å². The number of rotatable bonds is 4. The number of nitrogens with two attached hydrogens (primary N) is 1. The van der Waals surface area contributed by atoms with Crippen molar-refractivity contribution < 1.29 is 18.7 Å². The first kappa shape index (κ1) is 14.1. The summed E-state index contributed by atoms with van der Waals surface area (Å²) in [6.07, 6.45) is 0.619. The average molecular weight is 281 g/mol. The molecule has 2 amide bonds. The van der Waals surface area contributed by atoms with Gasteiger partial charge in [0.05, 0.1) is 18.0 Å². The molecule has 108 valence electrons. The number of carbonyl (C=O) groups excluding carboxylic acids is 2. The normalized spacial score (nSPS) is 18.6. The minimum atomic E-state index is -0.574. The van der Waals surface area contributed by atoms with Crippen LogP contribution in [0.1, 0.15) is 19.8 Å². The van der Waals surface area contributed by atoms with Crippen LogP contribution in [0.25, 0.3) is 0 Å². The van der Waals surface area contributed by atoms with Crippen LogP contribution in [-0.4, -0.2) is 24.5 Å². The van der Waals surface area contributed by atoms with Crippen LogP contribution in [0, 0.1) is 5.82 Å². The maximum Gasteiger partial charge on any atom is 0.249 e. The molecular formula is C13H16FN3O3. The maximum absolute atomic E-state index is 13.6. The maximum atomic E-state index is 13.6. The summed E-state index contributed by atoms with van der Waals surface area (Å²) in [5, 5.41) is 5.14. The van der Waals surface area contributed by atoms with Crippen LogP contribution in [0.2, 0.25) is 0 Å². The van der Waals surface area contributed by atoms with Crippen LogP contribution >= 0.6 is 0 Å². The topological polar surface area (TPSA) is 93.5 Å². The number of piperidine rings is 1. The van der Waals surface area contributed by atoms with E-state index in [0.717, 1.165) is 6.07 Å². The second-order valence-corrected chi connectivity index (χ2v) is 4.45. The lowest BCUT2D eigenvalue weighted by atomic mass is 10.1. The van der Waals surface area contributed by atoms with Gasteiger partial charge in [-0.2, -0.15) is 0 Å². The average Bonchev–Trinajstić information content (AvgIpc) is 2.38. The molecule has 2 rings (SSSR count). The van der Waals surface area contributed by atoms with Gasteiger partial charge in [0.2, 0.25) is 11.8 Å². The summed E-state index contributed by atoms with van der Waals surface area (Å²) in [4.78, 5) is 22.7. The predicted molar refractivity (Wildman–Crippen MR) is 71.8 cm³/mol. The number of halogens is 1. The lowest BCUT2D eigenvalue weighted by molar-refractivity contribution is -0.133. The molecule has 1 unspecified atom stereocenters. The Hall–Kier alpha value is -2.31. The van der Waals surface area contributed by atoms with Gasteiger partial charge in [0.25, 0.3) is 0 Å². The van der Waals surface area contributed by atoms with E-state index >= 15 is 0 Å². The second-order valence-electron chi connectivity index (χ2n) is 4.45. The highest BCUT2D eigenvalue weighted by atomic mass is 19.1. The number of ether oxygens (including phenoxy) is 1. The third-order valence-corrected chi connectivity index (χ3v) is 2.97. The number of carbonyl (C=O) groups is 2. The van der Waals surface area contributed by atoms with Gasteiger partial charge >= 0.3 is 0 Å². The SMILES string of the molecule is CCOc1cc(NC2CCC(=O)NC2=O)c(N)cc1F. The summed E-state index contributed by atoms with van der Waals surface area (Å²) >= 11 is 0. The van der Waals surface area contributed by atoms with Crippen molar-refractivity contribution in [2.24, 2.45) is 0 Å². The van der Waals surface area contributed by atoms with Gasteiger partial charge < -0.3 is 15.8 Å². The van der Waals surface area contributed by atoms with Gasteiger partial charge in [0.15, 0.2) is 11.6 Å². The van der Waals surface area contributed by atoms with Crippen LogP contribution in [0.15, 0.2) is 12.1 Å². The Morgan fingerprint density at radius 3 is 2.90 bits per heavy atom. The fourth-order valence-corrected chi connectivity index (χ4v) is 1.98. The van der Waals surface area contributed by atoms with Gasteiger partial charge in [-0.1, -0.05) is 0 Å². The zero-order valence-corrected chi connectivity index (χ0v) is 11.0. The number of nitrogen functional groups attached to an aromatic ring is 1. The molecule has 0 aromatic heterocycles. The van der Waals surface area contributed by atoms with Gasteiger partial charge in [0, 0.05) is 18.6 Å². The fourth-order valence-electron chi connectivity index (χ4n) is 1.98. The van der Waals surface area contributed by atoms with E-state index in [9.17, 15) is 14.0 Å². The summed E-state index contributed by atoms with van der Waals surface area (Å²) in [5.41, 5.74) is 6.30. The molecule has 7 heteroatoms. The van der Waals surface area contributed by atoms with E-state index < -0.39 is 17.8 Å². The molecule has 6 nitrogen and oxygen atoms in total. The molecule has 0 spiro atoms. The van der Waals surface area contributed by atoms with Crippen molar-refractivity contribution in [2.75, 3.05) is 17.7 Å². The highest BCUT2D eigenvalue weighted by Gasteiger charge is 2.27. The van der Waals surface area contributed by atoms with E-state index in [2.05, 4.69) is 10.6 Å². The van der Waals surface area contributed by atoms with E-state index in [-0.39, 0.29) is 23.8 Å². The van der Waals surface area contributed by atoms with Gasteiger partial charge in [0.1, 0.15) is 6.04 Å². The molecule has 1 aliphatic heterocycles. The highest BCUT2D eigenvalue weighted by Crippen LogP contribution is 2.29. The van der Waals surface area contributed by atoms with Gasteiger partial charge in [-0.3, -0.25) is 14.9 Å². The summed E-state index contributed by atoms with van der Waals surface area (Å²) in [6.45, 7) is 2.06. The van der Waals surface area contributed by atoms with Crippen LogP contribution in [0.4, 0.5) is 15.8 Å². The smallest absolute Gasteiger partial charge is 0.249 e. The zero-order valence-electron chi connectivity index (χ0n) is 11.0. The molecule has 1 atom stereocenters. The third kappa shape index (κ3) is 2.98. The molecule has 1 saturated heterocycles. The molecule has 1 heterocycles. The van der Waals surface area contributed by atoms with Crippen molar-refractivity contribution in [1.29, 1.82) is 0 Å². The lowest BCUT2D eigenvalue weighted by Gasteiger charge is -2.23. The molecule has 0 bridgehead atoms. The molecule has 20 heavy (non-hydrogen) atoms.